The minimum atomic E-state index is -0.588. The fourth-order valence-corrected chi connectivity index (χ4v) is 5.30. The lowest BCUT2D eigenvalue weighted by molar-refractivity contribution is 0.0656. The van der Waals surface area contributed by atoms with E-state index in [4.69, 9.17) is 0 Å². The zero-order valence-corrected chi connectivity index (χ0v) is 19.6. The lowest BCUT2D eigenvalue weighted by Gasteiger charge is -2.38. The summed E-state index contributed by atoms with van der Waals surface area (Å²) in [6, 6.07) is 11.1. The number of allylic oxidation sites excluding steroid dienone is 1. The van der Waals surface area contributed by atoms with Crippen molar-refractivity contribution in [2.24, 2.45) is 5.92 Å². The molecule has 1 saturated heterocycles. The number of fused-ring (bicyclic) bond motifs is 1. The van der Waals surface area contributed by atoms with Crippen molar-refractivity contribution in [3.63, 3.8) is 0 Å². The summed E-state index contributed by atoms with van der Waals surface area (Å²) < 4.78 is 16.1. The summed E-state index contributed by atoms with van der Waals surface area (Å²) in [5.41, 5.74) is 1.24. The maximum Gasteiger partial charge on any atom is 0.329 e. The van der Waals surface area contributed by atoms with Crippen LogP contribution < -0.4 is 11.2 Å². The molecule has 5 rings (SSSR count). The Morgan fingerprint density at radius 2 is 1.69 bits per heavy atom. The van der Waals surface area contributed by atoms with E-state index >= 15 is 0 Å². The molecule has 182 valence electrons. The summed E-state index contributed by atoms with van der Waals surface area (Å²) in [7, 11) is 0. The number of hydrogen-bond donors (Lipinski definition) is 1. The number of piperazine rings is 1. The Kier molecular flexibility index (Phi) is 6.28. The molecule has 35 heavy (non-hydrogen) atoms. The van der Waals surface area contributed by atoms with Gasteiger partial charge < -0.3 is 9.80 Å². The number of hydrogen-bond acceptors (Lipinski definition) is 4. The number of benzene rings is 2. The molecule has 8 heteroatoms. The largest absolute Gasteiger partial charge is 0.372 e. The van der Waals surface area contributed by atoms with Gasteiger partial charge in [-0.15, -0.1) is 0 Å². The van der Waals surface area contributed by atoms with Crippen LogP contribution in [0.4, 0.5) is 4.39 Å². The number of aromatic nitrogens is 2. The molecule has 1 saturated carbocycles. The number of rotatable bonds is 5. The molecule has 2 heterocycles. The quantitative estimate of drug-likeness (QED) is 0.613. The van der Waals surface area contributed by atoms with Gasteiger partial charge in [0.25, 0.3) is 11.5 Å². The van der Waals surface area contributed by atoms with Gasteiger partial charge >= 0.3 is 5.69 Å². The molecule has 0 atom stereocenters. The summed E-state index contributed by atoms with van der Waals surface area (Å²) in [5.74, 6) is -0.400. The van der Waals surface area contributed by atoms with Crippen molar-refractivity contribution >= 4 is 16.8 Å². The van der Waals surface area contributed by atoms with E-state index in [1.807, 2.05) is 0 Å². The summed E-state index contributed by atoms with van der Waals surface area (Å²) in [4.78, 5) is 44.1. The average Bonchev–Trinajstić information content (AvgIpc) is 3.42. The van der Waals surface area contributed by atoms with Gasteiger partial charge in [-0.1, -0.05) is 37.6 Å². The fourth-order valence-electron chi connectivity index (χ4n) is 5.30. The third-order valence-corrected chi connectivity index (χ3v) is 7.31. The van der Waals surface area contributed by atoms with E-state index in [1.54, 1.807) is 35.2 Å². The summed E-state index contributed by atoms with van der Waals surface area (Å²) in [6.45, 7) is 6.82. The number of nitrogens with one attached hydrogen (secondary N) is 1. The van der Waals surface area contributed by atoms with Crippen molar-refractivity contribution in [2.45, 2.75) is 32.2 Å². The van der Waals surface area contributed by atoms with Crippen molar-refractivity contribution in [1.82, 2.24) is 19.4 Å². The second-order valence-corrected chi connectivity index (χ2v) is 9.43. The molecule has 1 aliphatic carbocycles. The van der Waals surface area contributed by atoms with E-state index in [2.05, 4.69) is 16.5 Å². The normalized spacial score (nSPS) is 16.7. The van der Waals surface area contributed by atoms with E-state index in [9.17, 15) is 18.8 Å². The highest BCUT2D eigenvalue weighted by Gasteiger charge is 2.28. The smallest absolute Gasteiger partial charge is 0.329 e. The Morgan fingerprint density at radius 3 is 2.43 bits per heavy atom. The first-order valence-electron chi connectivity index (χ1n) is 12.2. The van der Waals surface area contributed by atoms with Crippen molar-refractivity contribution in [2.75, 3.05) is 26.2 Å². The van der Waals surface area contributed by atoms with Crippen LogP contribution in [0.1, 0.15) is 41.6 Å². The SMILES string of the molecule is C=C(C1CCCC1)N1CCN(C(=O)c2cc(Cn3c(=O)[nH]c(=O)c4ccccc43)ccc2F)CC1. The van der Waals surface area contributed by atoms with Crippen LogP contribution >= 0.6 is 0 Å². The number of H-pyrrole nitrogens is 1. The molecule has 0 radical (unpaired) electrons. The number of carbonyl (C=O) groups is 1. The van der Waals surface area contributed by atoms with Crippen LogP contribution in [-0.2, 0) is 6.54 Å². The minimum absolute atomic E-state index is 0.00708. The van der Waals surface area contributed by atoms with E-state index < -0.39 is 17.1 Å². The molecule has 1 N–H and O–H groups in total. The first-order valence-corrected chi connectivity index (χ1v) is 12.2. The van der Waals surface area contributed by atoms with E-state index in [-0.39, 0.29) is 18.0 Å². The maximum atomic E-state index is 14.7. The van der Waals surface area contributed by atoms with Gasteiger partial charge in [0, 0.05) is 31.9 Å². The van der Waals surface area contributed by atoms with Gasteiger partial charge in [-0.05, 0) is 48.6 Å². The molecule has 3 aromatic rings. The van der Waals surface area contributed by atoms with Crippen molar-refractivity contribution in [3.8, 4) is 0 Å². The molecule has 7 nitrogen and oxygen atoms in total. The standard InChI is InChI=1S/C27H29FN4O3/c1-18(20-6-2-3-7-20)30-12-14-31(15-13-30)26(34)22-16-19(10-11-23(22)28)17-32-24-9-5-4-8-21(24)25(33)29-27(32)35/h4-5,8-11,16,20H,1-3,6-7,12-15,17H2,(H,29,33,35). The van der Waals surface area contributed by atoms with Gasteiger partial charge in [-0.3, -0.25) is 19.1 Å². The molecule has 1 aliphatic heterocycles. The van der Waals surface area contributed by atoms with E-state index in [1.165, 1.54) is 48.1 Å². The number of para-hydroxylation sites is 1. The minimum Gasteiger partial charge on any atom is -0.372 e. The van der Waals surface area contributed by atoms with Gasteiger partial charge in [0.05, 0.1) is 23.0 Å². The topological polar surface area (TPSA) is 78.4 Å². The first-order chi connectivity index (χ1) is 16.9. The van der Waals surface area contributed by atoms with Gasteiger partial charge in [-0.2, -0.15) is 0 Å². The van der Waals surface area contributed by atoms with Crippen molar-refractivity contribution in [1.29, 1.82) is 0 Å². The second kappa shape index (κ2) is 9.52. The molecular formula is C27H29FN4O3. The lowest BCUT2D eigenvalue weighted by atomic mass is 10.0. The highest BCUT2D eigenvalue weighted by molar-refractivity contribution is 5.94. The fraction of sp³-hybridized carbons (Fsp3) is 0.370. The average molecular weight is 477 g/mol. The molecule has 1 amide bonds. The zero-order valence-electron chi connectivity index (χ0n) is 19.6. The molecule has 2 fully saturated rings. The Hall–Kier alpha value is -3.68. The second-order valence-electron chi connectivity index (χ2n) is 9.43. The first kappa shape index (κ1) is 23.1. The Balaban J connectivity index is 1.34. The van der Waals surface area contributed by atoms with Crippen LogP contribution in [0.2, 0.25) is 0 Å². The number of halogens is 1. The van der Waals surface area contributed by atoms with Crippen molar-refractivity contribution in [3.05, 3.63) is 92.5 Å². The van der Waals surface area contributed by atoms with Crippen LogP contribution in [0, 0.1) is 11.7 Å². The van der Waals surface area contributed by atoms with Crippen molar-refractivity contribution < 1.29 is 9.18 Å². The van der Waals surface area contributed by atoms with Gasteiger partial charge in [0.15, 0.2) is 0 Å². The highest BCUT2D eigenvalue weighted by Crippen LogP contribution is 2.32. The van der Waals surface area contributed by atoms with Crippen LogP contribution in [-0.4, -0.2) is 51.4 Å². The molecular weight excluding hydrogens is 447 g/mol. The third kappa shape index (κ3) is 4.52. The predicted molar refractivity (Wildman–Crippen MR) is 133 cm³/mol. The molecule has 2 aromatic carbocycles. The van der Waals surface area contributed by atoms with Gasteiger partial charge in [0.1, 0.15) is 5.82 Å². The lowest BCUT2D eigenvalue weighted by Crippen LogP contribution is -2.48. The molecule has 0 bridgehead atoms. The summed E-state index contributed by atoms with van der Waals surface area (Å²) >= 11 is 0. The third-order valence-electron chi connectivity index (χ3n) is 7.31. The Morgan fingerprint density at radius 1 is 1.00 bits per heavy atom. The molecule has 0 unspecified atom stereocenters. The van der Waals surface area contributed by atoms with Gasteiger partial charge in [-0.25, -0.2) is 9.18 Å². The van der Waals surface area contributed by atoms with Crippen LogP contribution in [0.25, 0.3) is 10.9 Å². The summed E-state index contributed by atoms with van der Waals surface area (Å²) in [5, 5.41) is 0.391. The number of carbonyl (C=O) groups excluding carboxylic acids is 1. The highest BCUT2D eigenvalue weighted by atomic mass is 19.1. The number of aromatic amines is 1. The van der Waals surface area contributed by atoms with Gasteiger partial charge in [0.2, 0.25) is 0 Å². The summed E-state index contributed by atoms with van der Waals surface area (Å²) in [6.07, 6.45) is 4.87. The molecule has 2 aliphatic rings. The zero-order chi connectivity index (χ0) is 24.5. The molecule has 0 spiro atoms. The van der Waals surface area contributed by atoms with Crippen LogP contribution in [0.3, 0.4) is 0 Å². The van der Waals surface area contributed by atoms with Crippen LogP contribution in [0.5, 0.6) is 0 Å². The number of amides is 1. The van der Waals surface area contributed by atoms with E-state index in [0.717, 1.165) is 0 Å². The maximum absolute atomic E-state index is 14.7. The Bertz CT molecular complexity index is 1400. The molecule has 1 aromatic heterocycles. The number of nitrogens with zero attached hydrogens (tertiary/aromatic N) is 3. The monoisotopic (exact) mass is 476 g/mol. The Labute approximate surface area is 202 Å². The predicted octanol–water partition coefficient (Wildman–Crippen LogP) is 3.34. The van der Waals surface area contributed by atoms with E-state index in [0.29, 0.717) is 48.6 Å². The van der Waals surface area contributed by atoms with Crippen LogP contribution in [0.15, 0.2) is 64.3 Å².